The van der Waals surface area contributed by atoms with Gasteiger partial charge < -0.3 is 9.52 Å². The van der Waals surface area contributed by atoms with Gasteiger partial charge in [0, 0.05) is 17.1 Å². The van der Waals surface area contributed by atoms with E-state index in [0.717, 1.165) is 22.7 Å². The highest BCUT2D eigenvalue weighted by molar-refractivity contribution is 5.81. The van der Waals surface area contributed by atoms with Crippen LogP contribution in [0.5, 0.6) is 0 Å². The molecular formula is C15H12FNO2. The van der Waals surface area contributed by atoms with E-state index in [1.54, 1.807) is 6.07 Å². The lowest BCUT2D eigenvalue weighted by Crippen LogP contribution is -1.99. The fourth-order valence-corrected chi connectivity index (χ4v) is 2.11. The number of hydrogen-bond acceptors (Lipinski definition) is 3. The van der Waals surface area contributed by atoms with Gasteiger partial charge in [0.2, 0.25) is 0 Å². The Balaban J connectivity index is 2.06. The number of pyridine rings is 1. The van der Waals surface area contributed by atoms with Gasteiger partial charge in [-0.2, -0.15) is 0 Å². The van der Waals surface area contributed by atoms with Gasteiger partial charge in [-0.05, 0) is 24.6 Å². The largest absolute Gasteiger partial charge is 0.458 e. The summed E-state index contributed by atoms with van der Waals surface area (Å²) in [5.41, 5.74) is 2.10. The Morgan fingerprint density at radius 2 is 2.11 bits per heavy atom. The van der Waals surface area contributed by atoms with E-state index in [4.69, 9.17) is 4.42 Å². The highest BCUT2D eigenvalue weighted by Gasteiger charge is 2.17. The van der Waals surface area contributed by atoms with Gasteiger partial charge in [-0.15, -0.1) is 0 Å². The molecule has 3 aromatic rings. The summed E-state index contributed by atoms with van der Waals surface area (Å²) >= 11 is 0. The number of para-hydroxylation sites is 1. The molecule has 0 aliphatic carbocycles. The molecule has 1 aromatic carbocycles. The zero-order valence-electron chi connectivity index (χ0n) is 10.3. The molecule has 96 valence electrons. The topological polar surface area (TPSA) is 46.3 Å². The predicted octanol–water partition coefficient (Wildman–Crippen LogP) is 3.36. The van der Waals surface area contributed by atoms with E-state index in [1.165, 1.54) is 12.3 Å². The quantitative estimate of drug-likeness (QED) is 0.765. The van der Waals surface area contributed by atoms with E-state index in [9.17, 15) is 9.50 Å². The third kappa shape index (κ3) is 2.11. The summed E-state index contributed by atoms with van der Waals surface area (Å²) in [6.07, 6.45) is 1.50. The molecule has 0 aliphatic heterocycles. The maximum atomic E-state index is 13.1. The second-order valence-corrected chi connectivity index (χ2v) is 4.48. The van der Waals surface area contributed by atoms with E-state index >= 15 is 0 Å². The van der Waals surface area contributed by atoms with Gasteiger partial charge in [0.05, 0.1) is 6.20 Å². The lowest BCUT2D eigenvalue weighted by atomic mass is 10.1. The summed E-state index contributed by atoms with van der Waals surface area (Å²) in [6.45, 7) is 1.94. The Kier molecular flexibility index (Phi) is 2.80. The minimum Gasteiger partial charge on any atom is -0.458 e. The van der Waals surface area contributed by atoms with Crippen LogP contribution in [-0.2, 0) is 0 Å². The second-order valence-electron chi connectivity index (χ2n) is 4.48. The van der Waals surface area contributed by atoms with Crippen LogP contribution in [0.2, 0.25) is 0 Å². The molecule has 2 heterocycles. The Morgan fingerprint density at radius 1 is 1.26 bits per heavy atom. The maximum absolute atomic E-state index is 13.1. The molecule has 0 radical (unpaired) electrons. The van der Waals surface area contributed by atoms with Gasteiger partial charge >= 0.3 is 0 Å². The van der Waals surface area contributed by atoms with Crippen LogP contribution in [0.15, 0.2) is 47.1 Å². The molecular weight excluding hydrogens is 245 g/mol. The maximum Gasteiger partial charge on any atom is 0.141 e. The zero-order valence-corrected chi connectivity index (χ0v) is 10.3. The first-order chi connectivity index (χ1) is 9.15. The zero-order chi connectivity index (χ0) is 13.4. The first-order valence-electron chi connectivity index (χ1n) is 5.93. The fraction of sp³-hybridized carbons (Fsp3) is 0.133. The normalized spacial score (nSPS) is 12.8. The molecule has 1 N–H and O–H groups in total. The van der Waals surface area contributed by atoms with Crippen LogP contribution in [0.1, 0.15) is 23.0 Å². The molecule has 0 bridgehead atoms. The molecule has 0 amide bonds. The SMILES string of the molecule is Cc1cccc2cc(C(O)c3cncc(F)c3)oc12. The van der Waals surface area contributed by atoms with Gasteiger partial charge in [0.1, 0.15) is 23.3 Å². The Hall–Kier alpha value is -2.20. The molecule has 3 nitrogen and oxygen atoms in total. The van der Waals surface area contributed by atoms with E-state index in [1.807, 2.05) is 25.1 Å². The van der Waals surface area contributed by atoms with Gasteiger partial charge in [-0.1, -0.05) is 18.2 Å². The number of aryl methyl sites for hydroxylation is 1. The summed E-state index contributed by atoms with van der Waals surface area (Å²) in [4.78, 5) is 3.73. The van der Waals surface area contributed by atoms with Crippen molar-refractivity contribution >= 4 is 11.0 Å². The minimum absolute atomic E-state index is 0.372. The van der Waals surface area contributed by atoms with Crippen molar-refractivity contribution in [3.05, 3.63) is 65.4 Å². The van der Waals surface area contributed by atoms with Crippen molar-refractivity contribution in [2.24, 2.45) is 0 Å². The van der Waals surface area contributed by atoms with E-state index in [0.29, 0.717) is 11.3 Å². The molecule has 19 heavy (non-hydrogen) atoms. The Morgan fingerprint density at radius 3 is 2.84 bits per heavy atom. The van der Waals surface area contributed by atoms with Gasteiger partial charge in [0.15, 0.2) is 0 Å². The van der Waals surface area contributed by atoms with Crippen molar-refractivity contribution in [1.29, 1.82) is 0 Å². The number of hydrogen-bond donors (Lipinski definition) is 1. The molecule has 3 rings (SSSR count). The van der Waals surface area contributed by atoms with E-state index in [2.05, 4.69) is 4.98 Å². The average Bonchev–Trinajstić information content (AvgIpc) is 2.83. The first-order valence-corrected chi connectivity index (χ1v) is 5.93. The number of rotatable bonds is 2. The molecule has 0 saturated heterocycles. The van der Waals surface area contributed by atoms with Crippen molar-refractivity contribution in [3.8, 4) is 0 Å². The number of aliphatic hydroxyl groups is 1. The molecule has 1 atom stereocenters. The molecule has 0 saturated carbocycles. The number of aliphatic hydroxyl groups excluding tert-OH is 1. The van der Waals surface area contributed by atoms with Crippen molar-refractivity contribution in [2.75, 3.05) is 0 Å². The minimum atomic E-state index is -1.02. The number of furan rings is 1. The van der Waals surface area contributed by atoms with Crippen LogP contribution in [0, 0.1) is 12.7 Å². The molecule has 1 unspecified atom stereocenters. The van der Waals surface area contributed by atoms with Crippen LogP contribution < -0.4 is 0 Å². The lowest BCUT2D eigenvalue weighted by Gasteiger charge is -2.06. The Labute approximate surface area is 109 Å². The first kappa shape index (κ1) is 11.9. The fourth-order valence-electron chi connectivity index (χ4n) is 2.11. The van der Waals surface area contributed by atoms with Crippen LogP contribution in [0.25, 0.3) is 11.0 Å². The van der Waals surface area contributed by atoms with Crippen LogP contribution >= 0.6 is 0 Å². The highest BCUT2D eigenvalue weighted by Crippen LogP contribution is 2.29. The molecule has 4 heteroatoms. The van der Waals surface area contributed by atoms with Crippen molar-refractivity contribution < 1.29 is 13.9 Å². The number of aromatic nitrogens is 1. The van der Waals surface area contributed by atoms with Crippen LogP contribution in [0.4, 0.5) is 4.39 Å². The number of benzene rings is 1. The second kappa shape index (κ2) is 4.48. The van der Waals surface area contributed by atoms with E-state index in [-0.39, 0.29) is 0 Å². The number of halogens is 1. The van der Waals surface area contributed by atoms with Gasteiger partial charge in [0.25, 0.3) is 0 Å². The number of nitrogens with zero attached hydrogens (tertiary/aromatic N) is 1. The summed E-state index contributed by atoms with van der Waals surface area (Å²) in [5.74, 6) is -0.0967. The molecule has 0 fully saturated rings. The molecule has 0 spiro atoms. The average molecular weight is 257 g/mol. The van der Waals surface area contributed by atoms with Crippen molar-refractivity contribution in [3.63, 3.8) is 0 Å². The van der Waals surface area contributed by atoms with Crippen LogP contribution in [-0.4, -0.2) is 10.1 Å². The predicted molar refractivity (Wildman–Crippen MR) is 69.2 cm³/mol. The van der Waals surface area contributed by atoms with Crippen LogP contribution in [0.3, 0.4) is 0 Å². The third-order valence-corrected chi connectivity index (χ3v) is 3.07. The van der Waals surface area contributed by atoms with Gasteiger partial charge in [-0.25, -0.2) is 4.39 Å². The standard InChI is InChI=1S/C15H12FNO2/c1-9-3-2-4-10-6-13(19-15(9)10)14(18)11-5-12(16)8-17-7-11/h2-8,14,18H,1H3. The van der Waals surface area contributed by atoms with Crippen molar-refractivity contribution in [2.45, 2.75) is 13.0 Å². The third-order valence-electron chi connectivity index (χ3n) is 3.07. The Bertz CT molecular complexity index is 736. The summed E-state index contributed by atoms with van der Waals surface area (Å²) in [5, 5.41) is 11.1. The highest BCUT2D eigenvalue weighted by atomic mass is 19.1. The number of fused-ring (bicyclic) bond motifs is 1. The monoisotopic (exact) mass is 257 g/mol. The summed E-state index contributed by atoms with van der Waals surface area (Å²) in [6, 6.07) is 8.78. The summed E-state index contributed by atoms with van der Waals surface area (Å²) in [7, 11) is 0. The van der Waals surface area contributed by atoms with E-state index < -0.39 is 11.9 Å². The smallest absolute Gasteiger partial charge is 0.141 e. The van der Waals surface area contributed by atoms with Gasteiger partial charge in [-0.3, -0.25) is 4.98 Å². The lowest BCUT2D eigenvalue weighted by molar-refractivity contribution is 0.191. The summed E-state index contributed by atoms with van der Waals surface area (Å²) < 4.78 is 18.8. The molecule has 2 aromatic heterocycles. The van der Waals surface area contributed by atoms with Crippen molar-refractivity contribution in [1.82, 2.24) is 4.98 Å². The molecule has 0 aliphatic rings.